The lowest BCUT2D eigenvalue weighted by molar-refractivity contribution is -0.385. The van der Waals surface area contributed by atoms with E-state index in [9.17, 15) is 37.1 Å². The third-order valence-electron chi connectivity index (χ3n) is 4.73. The number of nitrogens with zero attached hydrogens (tertiary/aromatic N) is 2. The number of benzene rings is 4. The fraction of sp³-hybridized carbons (Fsp3) is 0.0400. The van der Waals surface area contributed by atoms with Crippen LogP contribution in [0.15, 0.2) is 119 Å². The molecule has 0 atom stereocenters. The second-order valence-electron chi connectivity index (χ2n) is 7.60. The molecular formula is C25H22ClN3O8S2. The van der Waals surface area contributed by atoms with Crippen LogP contribution in [0.4, 0.5) is 17.1 Å². The standard InChI is InChI=1S/C13H11NO4S.C6H5ClO2S.C6H6N2O2/c15-14(16)12-8-6-11(7-9-12)10-19(17,18)13-4-2-1-3-5-13;7-10(8,9)6-4-2-1-3-5-6;7-5-1-3-6(4-2-5)8(9)10/h1-9H,10H2;1-5H;1-4H,7H2. The molecule has 0 spiro atoms. The minimum atomic E-state index is -3.53. The van der Waals surface area contributed by atoms with E-state index in [1.54, 1.807) is 36.4 Å². The van der Waals surface area contributed by atoms with Crippen molar-refractivity contribution >= 4 is 46.6 Å². The Balaban J connectivity index is 0.000000225. The van der Waals surface area contributed by atoms with E-state index in [1.807, 2.05) is 0 Å². The molecule has 0 heterocycles. The van der Waals surface area contributed by atoms with Gasteiger partial charge in [-0.1, -0.05) is 48.5 Å². The van der Waals surface area contributed by atoms with Gasteiger partial charge in [0.15, 0.2) is 9.84 Å². The first-order valence-electron chi connectivity index (χ1n) is 10.8. The molecular weight excluding hydrogens is 570 g/mol. The summed E-state index contributed by atoms with van der Waals surface area (Å²) < 4.78 is 45.4. The molecule has 0 fully saturated rings. The summed E-state index contributed by atoms with van der Waals surface area (Å²) in [5.74, 6) is -0.172. The van der Waals surface area contributed by atoms with Gasteiger partial charge in [0, 0.05) is 40.6 Å². The van der Waals surface area contributed by atoms with Crippen molar-refractivity contribution in [2.24, 2.45) is 0 Å². The SMILES string of the molecule is Nc1ccc([N+](=O)[O-])cc1.O=S(=O)(Cl)c1ccccc1.O=[N+]([O-])c1ccc(CS(=O)(=O)c2ccccc2)cc1. The van der Waals surface area contributed by atoms with Crippen LogP contribution < -0.4 is 5.73 Å². The molecule has 0 aliphatic heterocycles. The molecule has 0 amide bonds. The van der Waals surface area contributed by atoms with Crippen LogP contribution in [0, 0.1) is 20.2 Å². The van der Waals surface area contributed by atoms with E-state index in [2.05, 4.69) is 0 Å². The number of hydrogen-bond donors (Lipinski definition) is 1. The van der Waals surface area contributed by atoms with Gasteiger partial charge in [-0.05, 0) is 42.0 Å². The van der Waals surface area contributed by atoms with Crippen molar-refractivity contribution in [3.05, 3.63) is 135 Å². The van der Waals surface area contributed by atoms with Crippen molar-refractivity contribution in [3.8, 4) is 0 Å². The number of nitro groups is 2. The summed E-state index contributed by atoms with van der Waals surface area (Å²) in [5.41, 5.74) is 6.37. The Morgan fingerprint density at radius 1 is 0.615 bits per heavy atom. The van der Waals surface area contributed by atoms with Crippen molar-refractivity contribution in [2.45, 2.75) is 15.5 Å². The number of rotatable bonds is 6. The topological polar surface area (TPSA) is 181 Å². The molecule has 0 radical (unpaired) electrons. The molecule has 4 aromatic rings. The van der Waals surface area contributed by atoms with Crippen molar-refractivity contribution in [3.63, 3.8) is 0 Å². The smallest absolute Gasteiger partial charge is 0.269 e. The van der Waals surface area contributed by atoms with Crippen molar-refractivity contribution < 1.29 is 26.7 Å². The zero-order chi connectivity index (χ0) is 29.1. The van der Waals surface area contributed by atoms with Gasteiger partial charge in [0.1, 0.15) is 0 Å². The summed E-state index contributed by atoms with van der Waals surface area (Å²) in [5, 5.41) is 20.6. The van der Waals surface area contributed by atoms with Crippen LogP contribution in [-0.4, -0.2) is 26.7 Å². The molecule has 204 valence electrons. The van der Waals surface area contributed by atoms with Crippen molar-refractivity contribution in [1.29, 1.82) is 0 Å². The van der Waals surface area contributed by atoms with Gasteiger partial charge in [0.25, 0.3) is 20.4 Å². The maximum absolute atomic E-state index is 12.1. The van der Waals surface area contributed by atoms with Crippen LogP contribution in [0.3, 0.4) is 0 Å². The lowest BCUT2D eigenvalue weighted by atomic mass is 10.2. The number of nitrogens with two attached hydrogens (primary N) is 1. The Bertz CT molecular complexity index is 1600. The second-order valence-corrected chi connectivity index (χ2v) is 12.2. The number of nitrogen functional groups attached to an aromatic ring is 1. The average molecular weight is 592 g/mol. The van der Waals surface area contributed by atoms with Crippen LogP contribution in [0.5, 0.6) is 0 Å². The highest BCUT2D eigenvalue weighted by molar-refractivity contribution is 8.13. The number of non-ortho nitro benzene ring substituents is 2. The monoisotopic (exact) mass is 591 g/mol. The number of nitro benzene ring substituents is 2. The molecule has 0 saturated heterocycles. The molecule has 0 unspecified atom stereocenters. The van der Waals surface area contributed by atoms with Gasteiger partial charge >= 0.3 is 0 Å². The van der Waals surface area contributed by atoms with Gasteiger partial charge in [-0.2, -0.15) is 0 Å². The molecule has 0 aliphatic carbocycles. The lowest BCUT2D eigenvalue weighted by Gasteiger charge is -2.04. The van der Waals surface area contributed by atoms with Crippen LogP contribution in [-0.2, 0) is 24.6 Å². The molecule has 11 nitrogen and oxygen atoms in total. The van der Waals surface area contributed by atoms with E-state index in [1.165, 1.54) is 72.8 Å². The van der Waals surface area contributed by atoms with Crippen LogP contribution in [0.1, 0.15) is 5.56 Å². The summed E-state index contributed by atoms with van der Waals surface area (Å²) >= 11 is 0. The Morgan fingerprint density at radius 2 is 1.00 bits per heavy atom. The Morgan fingerprint density at radius 3 is 1.36 bits per heavy atom. The van der Waals surface area contributed by atoms with Gasteiger partial charge in [0.2, 0.25) is 0 Å². The molecule has 2 N–H and O–H groups in total. The maximum Gasteiger partial charge on any atom is 0.269 e. The first kappa shape index (κ1) is 30.9. The molecule has 0 aliphatic rings. The highest BCUT2D eigenvalue weighted by Crippen LogP contribution is 2.18. The van der Waals surface area contributed by atoms with Gasteiger partial charge in [0.05, 0.1) is 25.4 Å². The number of hydrogen-bond acceptors (Lipinski definition) is 9. The van der Waals surface area contributed by atoms with Gasteiger partial charge in [-0.3, -0.25) is 20.2 Å². The lowest BCUT2D eigenvalue weighted by Crippen LogP contribution is -2.04. The minimum Gasteiger partial charge on any atom is -0.399 e. The minimum absolute atomic E-state index is 0.0548. The van der Waals surface area contributed by atoms with E-state index in [0.717, 1.165) is 0 Å². The van der Waals surface area contributed by atoms with Crippen LogP contribution in [0.25, 0.3) is 0 Å². The summed E-state index contributed by atoms with van der Waals surface area (Å²) in [6.07, 6.45) is 0. The molecule has 14 heteroatoms. The summed E-state index contributed by atoms with van der Waals surface area (Å²) in [6, 6.07) is 27.2. The highest BCUT2D eigenvalue weighted by Gasteiger charge is 2.15. The zero-order valence-electron chi connectivity index (χ0n) is 20.0. The third-order valence-corrected chi connectivity index (χ3v) is 7.81. The van der Waals surface area contributed by atoms with E-state index < -0.39 is 28.7 Å². The zero-order valence-corrected chi connectivity index (χ0v) is 22.4. The first-order chi connectivity index (χ1) is 18.3. The Kier molecular flexibility index (Phi) is 11.1. The van der Waals surface area contributed by atoms with Crippen LogP contribution in [0.2, 0.25) is 0 Å². The average Bonchev–Trinajstić information content (AvgIpc) is 2.90. The molecule has 0 aromatic heterocycles. The fourth-order valence-corrected chi connectivity index (χ4v) is 4.98. The second kappa shape index (κ2) is 14.0. The van der Waals surface area contributed by atoms with Crippen LogP contribution >= 0.6 is 10.7 Å². The van der Waals surface area contributed by atoms with Gasteiger partial charge in [-0.15, -0.1) is 0 Å². The van der Waals surface area contributed by atoms with E-state index in [-0.39, 0.29) is 26.9 Å². The highest BCUT2D eigenvalue weighted by atomic mass is 35.7. The van der Waals surface area contributed by atoms with Crippen molar-refractivity contribution in [2.75, 3.05) is 5.73 Å². The predicted molar refractivity (Wildman–Crippen MR) is 147 cm³/mol. The van der Waals surface area contributed by atoms with E-state index >= 15 is 0 Å². The Labute approximate surface area is 229 Å². The number of halogens is 1. The largest absolute Gasteiger partial charge is 0.399 e. The molecule has 4 rings (SSSR count). The van der Waals surface area contributed by atoms with Gasteiger partial charge in [-0.25, -0.2) is 16.8 Å². The van der Waals surface area contributed by atoms with E-state index in [4.69, 9.17) is 16.4 Å². The molecule has 0 saturated carbocycles. The van der Waals surface area contributed by atoms with Gasteiger partial charge < -0.3 is 5.73 Å². The number of anilines is 1. The molecule has 4 aromatic carbocycles. The maximum atomic E-state index is 12.1. The summed E-state index contributed by atoms with van der Waals surface area (Å²) in [4.78, 5) is 20.0. The predicted octanol–water partition coefficient (Wildman–Crippen LogP) is 5.36. The Hall–Kier alpha value is -4.33. The summed E-state index contributed by atoms with van der Waals surface area (Å²) in [6.45, 7) is 0. The van der Waals surface area contributed by atoms with E-state index in [0.29, 0.717) is 11.3 Å². The molecule has 0 bridgehead atoms. The summed E-state index contributed by atoms with van der Waals surface area (Å²) in [7, 11) is -1.92. The quantitative estimate of drug-likeness (QED) is 0.133. The molecule has 39 heavy (non-hydrogen) atoms. The van der Waals surface area contributed by atoms with Crippen molar-refractivity contribution in [1.82, 2.24) is 0 Å². The normalized spacial score (nSPS) is 10.7. The fourth-order valence-electron chi connectivity index (χ4n) is 2.82. The third kappa shape index (κ3) is 10.5. The first-order valence-corrected chi connectivity index (χ1v) is 14.8. The number of sulfone groups is 1.